The zero-order valence-electron chi connectivity index (χ0n) is 4.35. The molecule has 0 unspecified atom stereocenters. The summed E-state index contributed by atoms with van der Waals surface area (Å²) < 4.78 is 14.8. The first-order valence-electron chi connectivity index (χ1n) is 2.52. The van der Waals surface area contributed by atoms with Crippen LogP contribution in [-0.4, -0.2) is 20.0 Å². The van der Waals surface area contributed by atoms with E-state index in [4.69, 9.17) is 14.2 Å². The van der Waals surface area contributed by atoms with Crippen LogP contribution < -0.4 is 0 Å². The molecule has 0 fully saturated rings. The fourth-order valence-electron chi connectivity index (χ4n) is 0.671. The molecule has 3 heteroatoms. The fourth-order valence-corrected chi connectivity index (χ4v) is 0.671. The van der Waals surface area contributed by atoms with Gasteiger partial charge in [-0.25, -0.2) is 0 Å². The summed E-state index contributed by atoms with van der Waals surface area (Å²) in [4.78, 5) is 0. The summed E-state index contributed by atoms with van der Waals surface area (Å²) in [5, 5.41) is 0. The third kappa shape index (κ3) is 0.599. The normalized spacial score (nSPS) is 26.0. The minimum absolute atomic E-state index is 0.399. The Balaban J connectivity index is 2.02. The van der Waals surface area contributed by atoms with Crippen LogP contribution >= 0.6 is 0 Å². The average Bonchev–Trinajstić information content (AvgIpc) is 2.36. The number of rotatable bonds is 0. The SMILES string of the molecule is C1OCC2=C(CO1)O2. The van der Waals surface area contributed by atoms with Gasteiger partial charge in [0.05, 0.1) is 0 Å². The maximum atomic E-state index is 4.94. The standard InChI is InChI=1S/C5H6O3/c1-4-5(8-4)2-7-3-6-1/h1-3H2. The van der Waals surface area contributed by atoms with Crippen molar-refractivity contribution in [2.45, 2.75) is 0 Å². The van der Waals surface area contributed by atoms with Crippen LogP contribution in [0.2, 0.25) is 0 Å². The minimum atomic E-state index is 0.399. The Kier molecular flexibility index (Phi) is 0.797. The molecule has 0 aromatic heterocycles. The lowest BCUT2D eigenvalue weighted by Crippen LogP contribution is -1.99. The van der Waals surface area contributed by atoms with Crippen LogP contribution in [0.4, 0.5) is 0 Å². The maximum absolute atomic E-state index is 4.94. The molecule has 3 nitrogen and oxygen atoms in total. The van der Waals surface area contributed by atoms with Crippen molar-refractivity contribution in [2.75, 3.05) is 20.0 Å². The Morgan fingerprint density at radius 1 is 1.00 bits per heavy atom. The highest BCUT2D eigenvalue weighted by atomic mass is 16.7. The monoisotopic (exact) mass is 114 g/mol. The van der Waals surface area contributed by atoms with E-state index in [-0.39, 0.29) is 0 Å². The van der Waals surface area contributed by atoms with E-state index in [1.807, 2.05) is 0 Å². The van der Waals surface area contributed by atoms with E-state index in [0.29, 0.717) is 20.0 Å². The number of hydrogen-bond acceptors (Lipinski definition) is 3. The van der Waals surface area contributed by atoms with Crippen molar-refractivity contribution in [2.24, 2.45) is 0 Å². The van der Waals surface area contributed by atoms with E-state index >= 15 is 0 Å². The van der Waals surface area contributed by atoms with E-state index in [1.165, 1.54) is 0 Å². The molecule has 0 amide bonds. The van der Waals surface area contributed by atoms with Gasteiger partial charge in [-0.2, -0.15) is 0 Å². The largest absolute Gasteiger partial charge is 0.454 e. The molecule has 0 aromatic carbocycles. The fraction of sp³-hybridized carbons (Fsp3) is 0.600. The van der Waals surface area contributed by atoms with Crippen molar-refractivity contribution in [1.29, 1.82) is 0 Å². The molecule has 0 aliphatic carbocycles. The maximum Gasteiger partial charge on any atom is 0.170 e. The van der Waals surface area contributed by atoms with Gasteiger partial charge in [-0.1, -0.05) is 0 Å². The van der Waals surface area contributed by atoms with Gasteiger partial charge in [0.15, 0.2) is 11.5 Å². The predicted molar refractivity (Wildman–Crippen MR) is 24.9 cm³/mol. The van der Waals surface area contributed by atoms with Crippen molar-refractivity contribution in [3.05, 3.63) is 11.5 Å². The van der Waals surface area contributed by atoms with Gasteiger partial charge < -0.3 is 14.2 Å². The summed E-state index contributed by atoms with van der Waals surface area (Å²) in [6.45, 7) is 1.58. The summed E-state index contributed by atoms with van der Waals surface area (Å²) in [5.41, 5.74) is 0. The quantitative estimate of drug-likeness (QED) is 0.451. The van der Waals surface area contributed by atoms with Gasteiger partial charge >= 0.3 is 0 Å². The zero-order valence-corrected chi connectivity index (χ0v) is 4.35. The molecule has 0 saturated heterocycles. The van der Waals surface area contributed by atoms with Crippen LogP contribution in [-0.2, 0) is 14.2 Å². The molecular weight excluding hydrogens is 108 g/mol. The Labute approximate surface area is 46.8 Å². The highest BCUT2D eigenvalue weighted by Gasteiger charge is 2.26. The van der Waals surface area contributed by atoms with E-state index in [1.54, 1.807) is 0 Å². The molecule has 0 N–H and O–H groups in total. The molecule has 0 aromatic rings. The Bertz CT molecular complexity index is 125. The highest BCUT2D eigenvalue weighted by molar-refractivity contribution is 5.18. The van der Waals surface area contributed by atoms with Crippen LogP contribution in [0.5, 0.6) is 0 Å². The van der Waals surface area contributed by atoms with Gasteiger partial charge in [-0.15, -0.1) is 0 Å². The first-order chi connectivity index (χ1) is 3.97. The van der Waals surface area contributed by atoms with Crippen LogP contribution in [0.3, 0.4) is 0 Å². The Morgan fingerprint density at radius 3 is 2.25 bits per heavy atom. The van der Waals surface area contributed by atoms with E-state index in [0.717, 1.165) is 11.5 Å². The average molecular weight is 114 g/mol. The molecule has 2 heterocycles. The first-order valence-corrected chi connectivity index (χ1v) is 2.52. The Morgan fingerprint density at radius 2 is 1.62 bits per heavy atom. The second-order valence-corrected chi connectivity index (χ2v) is 1.76. The smallest absolute Gasteiger partial charge is 0.170 e. The van der Waals surface area contributed by atoms with Crippen LogP contribution in [0.15, 0.2) is 11.5 Å². The third-order valence-electron chi connectivity index (χ3n) is 1.15. The molecule has 0 bridgehead atoms. The van der Waals surface area contributed by atoms with Gasteiger partial charge in [0.2, 0.25) is 0 Å². The summed E-state index contributed by atoms with van der Waals surface area (Å²) in [5.74, 6) is 1.92. The van der Waals surface area contributed by atoms with Crippen LogP contribution in [0.1, 0.15) is 0 Å². The van der Waals surface area contributed by atoms with Gasteiger partial charge in [0, 0.05) is 0 Å². The molecule has 2 rings (SSSR count). The van der Waals surface area contributed by atoms with Crippen molar-refractivity contribution in [3.63, 3.8) is 0 Å². The molecule has 0 radical (unpaired) electrons. The zero-order chi connectivity index (χ0) is 5.40. The molecule has 0 atom stereocenters. The Hall–Kier alpha value is -0.540. The van der Waals surface area contributed by atoms with Gasteiger partial charge in [0.25, 0.3) is 0 Å². The molecule has 0 spiro atoms. The lowest BCUT2D eigenvalue weighted by molar-refractivity contribution is -0.0456. The summed E-state index contributed by atoms with van der Waals surface area (Å²) in [7, 11) is 0. The molecular formula is C5H6O3. The molecule has 44 valence electrons. The molecule has 8 heavy (non-hydrogen) atoms. The summed E-state index contributed by atoms with van der Waals surface area (Å²) in [6, 6.07) is 0. The summed E-state index contributed by atoms with van der Waals surface area (Å²) >= 11 is 0. The topological polar surface area (TPSA) is 31.0 Å². The van der Waals surface area contributed by atoms with Gasteiger partial charge in [-0.3, -0.25) is 0 Å². The van der Waals surface area contributed by atoms with E-state index in [9.17, 15) is 0 Å². The van der Waals surface area contributed by atoms with Crippen molar-refractivity contribution in [1.82, 2.24) is 0 Å². The first kappa shape index (κ1) is 4.35. The molecule has 0 saturated carbocycles. The summed E-state index contributed by atoms with van der Waals surface area (Å²) in [6.07, 6.45) is 0. The third-order valence-corrected chi connectivity index (χ3v) is 1.15. The lowest BCUT2D eigenvalue weighted by atomic mass is 10.5. The minimum Gasteiger partial charge on any atom is -0.454 e. The predicted octanol–water partition coefficient (Wildman–Crippen LogP) is 0.233. The van der Waals surface area contributed by atoms with Crippen LogP contribution in [0, 0.1) is 0 Å². The number of ether oxygens (including phenoxy) is 3. The molecule has 2 aliphatic heterocycles. The van der Waals surface area contributed by atoms with Crippen molar-refractivity contribution in [3.8, 4) is 0 Å². The van der Waals surface area contributed by atoms with E-state index < -0.39 is 0 Å². The second kappa shape index (κ2) is 1.47. The van der Waals surface area contributed by atoms with Gasteiger partial charge in [-0.05, 0) is 0 Å². The molecule has 2 aliphatic rings. The van der Waals surface area contributed by atoms with Crippen LogP contribution in [0.25, 0.3) is 0 Å². The second-order valence-electron chi connectivity index (χ2n) is 1.76. The highest BCUT2D eigenvalue weighted by Crippen LogP contribution is 2.27. The number of hydrogen-bond donors (Lipinski definition) is 0. The van der Waals surface area contributed by atoms with Crippen molar-refractivity contribution < 1.29 is 14.2 Å². The van der Waals surface area contributed by atoms with E-state index in [2.05, 4.69) is 0 Å². The van der Waals surface area contributed by atoms with Gasteiger partial charge in [0.1, 0.15) is 20.0 Å². The van der Waals surface area contributed by atoms with Crippen molar-refractivity contribution >= 4 is 0 Å². The lowest BCUT2D eigenvalue weighted by Gasteiger charge is -1.98.